The van der Waals surface area contributed by atoms with Gasteiger partial charge in [0.15, 0.2) is 0 Å². The molecule has 1 aliphatic heterocycles. The second-order valence-corrected chi connectivity index (χ2v) is 7.21. The van der Waals surface area contributed by atoms with Gasteiger partial charge in [-0.2, -0.15) is 0 Å². The first-order valence-electron chi connectivity index (χ1n) is 8.23. The fraction of sp³-hybridized carbons (Fsp3) is 0.667. The Bertz CT molecular complexity index is 526. The third kappa shape index (κ3) is 1.67. The van der Waals surface area contributed by atoms with Gasteiger partial charge in [-0.3, -0.25) is 0 Å². The largest absolute Gasteiger partial charge is 0.508 e. The first-order chi connectivity index (χ1) is 9.71. The minimum atomic E-state index is 0.361. The lowest BCUT2D eigenvalue weighted by Gasteiger charge is -2.56. The van der Waals surface area contributed by atoms with Crippen LogP contribution in [-0.2, 0) is 11.8 Å². The zero-order valence-corrected chi connectivity index (χ0v) is 12.4. The fourth-order valence-electron chi connectivity index (χ4n) is 5.36. The summed E-state index contributed by atoms with van der Waals surface area (Å²) in [6, 6.07) is 6.87. The number of aromatic hydroxyl groups is 1. The molecule has 108 valence electrons. The summed E-state index contributed by atoms with van der Waals surface area (Å²) >= 11 is 0. The first kappa shape index (κ1) is 12.7. The van der Waals surface area contributed by atoms with Crippen molar-refractivity contribution in [2.24, 2.45) is 5.92 Å². The standard InChI is InChI=1S/C18H25NO/c1-19-10-9-18-8-4-2-3-5-15(18)17(19)11-13-6-7-14(20)12-16(13)18/h6-7,12,15,17,20H,2-5,8-11H2,1H3/t15-,17+,18+/m0/s1. The van der Waals surface area contributed by atoms with Crippen LogP contribution in [0.25, 0.3) is 0 Å². The maximum absolute atomic E-state index is 9.98. The Morgan fingerprint density at radius 2 is 2.10 bits per heavy atom. The van der Waals surface area contributed by atoms with E-state index >= 15 is 0 Å². The van der Waals surface area contributed by atoms with E-state index in [9.17, 15) is 5.11 Å². The number of rotatable bonds is 0. The normalized spacial score (nSPS) is 36.9. The predicted octanol–water partition coefficient (Wildman–Crippen LogP) is 3.47. The summed E-state index contributed by atoms with van der Waals surface area (Å²) in [7, 11) is 2.31. The molecule has 2 fully saturated rings. The topological polar surface area (TPSA) is 23.5 Å². The van der Waals surface area contributed by atoms with E-state index in [2.05, 4.69) is 24.1 Å². The molecule has 1 aromatic rings. The molecule has 1 heterocycles. The number of fused-ring (bicyclic) bond motifs is 1. The van der Waals surface area contributed by atoms with Crippen molar-refractivity contribution < 1.29 is 5.11 Å². The summed E-state index contributed by atoms with van der Waals surface area (Å²) in [5, 5.41) is 9.98. The molecule has 2 aliphatic carbocycles. The van der Waals surface area contributed by atoms with Crippen molar-refractivity contribution in [3.63, 3.8) is 0 Å². The van der Waals surface area contributed by atoms with Crippen molar-refractivity contribution in [2.45, 2.75) is 56.4 Å². The second-order valence-electron chi connectivity index (χ2n) is 7.21. The van der Waals surface area contributed by atoms with Crippen molar-refractivity contribution in [1.82, 2.24) is 4.90 Å². The average molecular weight is 271 g/mol. The minimum absolute atomic E-state index is 0.361. The van der Waals surface area contributed by atoms with Gasteiger partial charge < -0.3 is 10.0 Å². The number of phenols is 1. The Kier molecular flexibility index (Phi) is 2.85. The molecular formula is C18H25NO. The van der Waals surface area contributed by atoms with Gasteiger partial charge in [0.05, 0.1) is 0 Å². The number of likely N-dealkylation sites (N-methyl/N-ethyl adjacent to an activating group) is 1. The zero-order chi connectivity index (χ0) is 13.7. The maximum Gasteiger partial charge on any atom is 0.115 e. The molecule has 0 radical (unpaired) electrons. The van der Waals surface area contributed by atoms with Crippen LogP contribution < -0.4 is 0 Å². The van der Waals surface area contributed by atoms with Crippen molar-refractivity contribution in [1.29, 1.82) is 0 Å². The van der Waals surface area contributed by atoms with Crippen LogP contribution in [0.3, 0.4) is 0 Å². The van der Waals surface area contributed by atoms with E-state index in [-0.39, 0.29) is 0 Å². The van der Waals surface area contributed by atoms with Crippen LogP contribution in [-0.4, -0.2) is 29.6 Å². The van der Waals surface area contributed by atoms with Gasteiger partial charge in [0, 0.05) is 11.5 Å². The van der Waals surface area contributed by atoms with Gasteiger partial charge in [-0.1, -0.05) is 25.3 Å². The summed E-state index contributed by atoms with van der Waals surface area (Å²) < 4.78 is 0. The Morgan fingerprint density at radius 3 is 3.00 bits per heavy atom. The minimum Gasteiger partial charge on any atom is -0.508 e. The van der Waals surface area contributed by atoms with Gasteiger partial charge in [-0.15, -0.1) is 0 Å². The van der Waals surface area contributed by atoms with Crippen LogP contribution in [0.4, 0.5) is 0 Å². The molecule has 2 nitrogen and oxygen atoms in total. The summed E-state index contributed by atoms with van der Waals surface area (Å²) in [5.41, 5.74) is 3.35. The predicted molar refractivity (Wildman–Crippen MR) is 81.1 cm³/mol. The highest BCUT2D eigenvalue weighted by Crippen LogP contribution is 2.54. The maximum atomic E-state index is 9.98. The highest BCUT2D eigenvalue weighted by Gasteiger charge is 2.52. The van der Waals surface area contributed by atoms with E-state index in [0.29, 0.717) is 11.2 Å². The molecule has 1 saturated carbocycles. The Morgan fingerprint density at radius 1 is 1.20 bits per heavy atom. The molecule has 2 bridgehead atoms. The van der Waals surface area contributed by atoms with Gasteiger partial charge in [0.1, 0.15) is 5.75 Å². The summed E-state index contributed by atoms with van der Waals surface area (Å²) in [6.45, 7) is 1.22. The second kappa shape index (κ2) is 4.49. The number of hydrogen-bond donors (Lipinski definition) is 1. The molecule has 3 aliphatic rings. The van der Waals surface area contributed by atoms with Crippen LogP contribution in [0, 0.1) is 5.92 Å². The number of hydrogen-bond acceptors (Lipinski definition) is 2. The quantitative estimate of drug-likeness (QED) is 0.781. The third-order valence-electron chi connectivity index (χ3n) is 6.35. The SMILES string of the molecule is CN1CC[C@]23CCCCC[C@H]2[C@H]1Cc1ccc(O)cc13. The molecule has 1 aromatic carbocycles. The lowest BCUT2D eigenvalue weighted by Crippen LogP contribution is -2.58. The number of likely N-dealkylation sites (tertiary alicyclic amines) is 1. The fourth-order valence-corrected chi connectivity index (χ4v) is 5.36. The zero-order valence-electron chi connectivity index (χ0n) is 12.4. The molecule has 0 spiro atoms. The first-order valence-corrected chi connectivity index (χ1v) is 8.23. The monoisotopic (exact) mass is 271 g/mol. The molecule has 1 saturated heterocycles. The molecular weight excluding hydrogens is 246 g/mol. The Balaban J connectivity index is 1.90. The highest BCUT2D eigenvalue weighted by atomic mass is 16.3. The summed E-state index contributed by atoms with van der Waals surface area (Å²) in [5.74, 6) is 1.26. The van der Waals surface area contributed by atoms with E-state index in [1.54, 1.807) is 0 Å². The van der Waals surface area contributed by atoms with Crippen LogP contribution in [0.5, 0.6) is 5.75 Å². The third-order valence-corrected chi connectivity index (χ3v) is 6.35. The van der Waals surface area contributed by atoms with E-state index in [1.165, 1.54) is 62.6 Å². The molecule has 0 aromatic heterocycles. The lowest BCUT2D eigenvalue weighted by molar-refractivity contribution is 0.0257. The summed E-state index contributed by atoms with van der Waals surface area (Å²) in [4.78, 5) is 2.60. The molecule has 20 heavy (non-hydrogen) atoms. The molecule has 2 heteroatoms. The van der Waals surface area contributed by atoms with Crippen molar-refractivity contribution >= 4 is 0 Å². The van der Waals surface area contributed by atoms with Crippen molar-refractivity contribution in [2.75, 3.05) is 13.6 Å². The number of benzene rings is 1. The molecule has 1 N–H and O–H groups in total. The van der Waals surface area contributed by atoms with Gasteiger partial charge in [-0.05, 0) is 68.5 Å². The number of nitrogens with zero attached hydrogens (tertiary/aromatic N) is 1. The van der Waals surface area contributed by atoms with Crippen LogP contribution in [0.1, 0.15) is 49.7 Å². The van der Waals surface area contributed by atoms with Gasteiger partial charge in [-0.25, -0.2) is 0 Å². The van der Waals surface area contributed by atoms with Crippen LogP contribution in [0.15, 0.2) is 18.2 Å². The van der Waals surface area contributed by atoms with E-state index in [0.717, 1.165) is 12.0 Å². The highest BCUT2D eigenvalue weighted by molar-refractivity contribution is 5.45. The van der Waals surface area contributed by atoms with E-state index in [1.807, 2.05) is 6.07 Å². The van der Waals surface area contributed by atoms with Gasteiger partial charge >= 0.3 is 0 Å². The number of phenolic OH excluding ortho intramolecular Hbond substituents is 1. The Hall–Kier alpha value is -1.02. The molecule has 0 unspecified atom stereocenters. The van der Waals surface area contributed by atoms with Gasteiger partial charge in [0.2, 0.25) is 0 Å². The molecule has 3 atom stereocenters. The number of piperidine rings is 1. The van der Waals surface area contributed by atoms with Crippen LogP contribution >= 0.6 is 0 Å². The Labute approximate surface area is 121 Å². The smallest absolute Gasteiger partial charge is 0.115 e. The van der Waals surface area contributed by atoms with Crippen molar-refractivity contribution in [3.05, 3.63) is 29.3 Å². The molecule has 0 amide bonds. The van der Waals surface area contributed by atoms with Crippen LogP contribution in [0.2, 0.25) is 0 Å². The summed E-state index contributed by atoms with van der Waals surface area (Å²) in [6.07, 6.45) is 9.32. The lowest BCUT2D eigenvalue weighted by atomic mass is 9.55. The van der Waals surface area contributed by atoms with E-state index in [4.69, 9.17) is 0 Å². The average Bonchev–Trinajstić information content (AvgIpc) is 2.67. The van der Waals surface area contributed by atoms with E-state index < -0.39 is 0 Å². The van der Waals surface area contributed by atoms with Gasteiger partial charge in [0.25, 0.3) is 0 Å². The molecule has 4 rings (SSSR count). The van der Waals surface area contributed by atoms with Crippen molar-refractivity contribution in [3.8, 4) is 5.75 Å².